The van der Waals surface area contributed by atoms with Gasteiger partial charge >= 0.3 is 0 Å². The van der Waals surface area contributed by atoms with E-state index in [4.69, 9.17) is 10.3 Å². The number of likely N-dealkylation sites (tertiary alicyclic amines) is 1. The number of hydrogen-bond donors (Lipinski definition) is 2. The smallest absolute Gasteiger partial charge is 0.273 e. The number of aromatic nitrogens is 1. The molecule has 2 saturated carbocycles. The molecule has 2 heterocycles. The van der Waals surface area contributed by atoms with Crippen LogP contribution in [0.5, 0.6) is 0 Å². The van der Waals surface area contributed by atoms with E-state index in [2.05, 4.69) is 10.5 Å². The molecule has 1 aromatic rings. The normalized spacial score (nSPS) is 27.4. The Hall–Kier alpha value is -1.89. The summed E-state index contributed by atoms with van der Waals surface area (Å²) in [4.78, 5) is 27.2. The van der Waals surface area contributed by atoms with E-state index in [1.54, 1.807) is 6.07 Å². The highest BCUT2D eigenvalue weighted by molar-refractivity contribution is 5.92. The van der Waals surface area contributed by atoms with Gasteiger partial charge in [0.25, 0.3) is 5.91 Å². The predicted molar refractivity (Wildman–Crippen MR) is 105 cm³/mol. The Morgan fingerprint density at radius 3 is 2.46 bits per heavy atom. The minimum atomic E-state index is -0.166. The highest BCUT2D eigenvalue weighted by atomic mass is 16.5. The van der Waals surface area contributed by atoms with Crippen LogP contribution in [0.4, 0.5) is 0 Å². The van der Waals surface area contributed by atoms with Crippen LogP contribution in [0.3, 0.4) is 0 Å². The van der Waals surface area contributed by atoms with Crippen molar-refractivity contribution in [2.45, 2.75) is 76.3 Å². The molecule has 0 unspecified atom stereocenters. The Morgan fingerprint density at radius 2 is 1.82 bits per heavy atom. The molecule has 0 bridgehead atoms. The highest BCUT2D eigenvalue weighted by Gasteiger charge is 2.33. The number of carbonyl (C=O) groups is 2. The molecular formula is C21H32N4O3. The Morgan fingerprint density at radius 1 is 1.14 bits per heavy atom. The first-order valence-corrected chi connectivity index (χ1v) is 10.8. The summed E-state index contributed by atoms with van der Waals surface area (Å²) in [7, 11) is 0. The molecule has 0 radical (unpaired) electrons. The van der Waals surface area contributed by atoms with Crippen molar-refractivity contribution in [1.29, 1.82) is 0 Å². The van der Waals surface area contributed by atoms with E-state index in [0.29, 0.717) is 23.4 Å². The molecule has 3 fully saturated rings. The maximum Gasteiger partial charge on any atom is 0.273 e. The number of nitrogens with one attached hydrogen (secondary N) is 1. The van der Waals surface area contributed by atoms with E-state index < -0.39 is 0 Å². The molecule has 3 aliphatic rings. The van der Waals surface area contributed by atoms with Gasteiger partial charge in [0.15, 0.2) is 5.69 Å². The number of nitrogens with two attached hydrogens (primary N) is 1. The molecule has 28 heavy (non-hydrogen) atoms. The summed E-state index contributed by atoms with van der Waals surface area (Å²) in [5.41, 5.74) is 6.33. The first-order valence-electron chi connectivity index (χ1n) is 10.8. The van der Waals surface area contributed by atoms with Gasteiger partial charge in [-0.15, -0.1) is 0 Å². The average Bonchev–Trinajstić information content (AvgIpc) is 3.44. The number of amides is 2. The van der Waals surface area contributed by atoms with Crippen molar-refractivity contribution in [3.05, 3.63) is 17.5 Å². The summed E-state index contributed by atoms with van der Waals surface area (Å²) < 4.78 is 5.28. The van der Waals surface area contributed by atoms with Crippen molar-refractivity contribution in [3.63, 3.8) is 0 Å². The lowest BCUT2D eigenvalue weighted by Crippen LogP contribution is -2.47. The van der Waals surface area contributed by atoms with Crippen LogP contribution in [0.1, 0.15) is 80.5 Å². The van der Waals surface area contributed by atoms with Crippen LogP contribution < -0.4 is 11.1 Å². The molecule has 7 heteroatoms. The molecule has 2 amide bonds. The zero-order valence-corrected chi connectivity index (χ0v) is 16.7. The Bertz CT molecular complexity index is 698. The van der Waals surface area contributed by atoms with Crippen molar-refractivity contribution >= 4 is 11.8 Å². The van der Waals surface area contributed by atoms with Gasteiger partial charge in [0.1, 0.15) is 5.76 Å². The monoisotopic (exact) mass is 388 g/mol. The van der Waals surface area contributed by atoms with Gasteiger partial charge in [-0.1, -0.05) is 5.16 Å². The molecule has 0 aromatic carbocycles. The SMILES string of the molecule is C[C@@H](NC(=O)c1cc(C2CC2)on1)C1CCN(C(=O)[C@H]2CC[C@H](N)CC2)CC1. The number of hydrogen-bond acceptors (Lipinski definition) is 5. The fourth-order valence-corrected chi connectivity index (χ4v) is 4.60. The second kappa shape index (κ2) is 8.23. The molecule has 4 rings (SSSR count). The third kappa shape index (κ3) is 4.40. The summed E-state index contributed by atoms with van der Waals surface area (Å²) in [5.74, 6) is 1.95. The lowest BCUT2D eigenvalue weighted by atomic mass is 9.84. The molecule has 0 spiro atoms. The molecule has 154 valence electrons. The van der Waals surface area contributed by atoms with Gasteiger partial charge in [-0.05, 0) is 64.2 Å². The standard InChI is InChI=1S/C21H32N4O3/c1-13(23-20(26)18-12-19(28-24-18)15-2-3-15)14-8-10-25(11-9-14)21(27)16-4-6-17(22)7-5-16/h12-17H,2-11,22H2,1H3,(H,23,26)/t13-,16-,17-/m1/s1. The van der Waals surface area contributed by atoms with Crippen molar-refractivity contribution < 1.29 is 14.1 Å². The third-order valence-electron chi connectivity index (χ3n) is 6.78. The lowest BCUT2D eigenvalue weighted by Gasteiger charge is -2.37. The minimum Gasteiger partial charge on any atom is -0.360 e. The van der Waals surface area contributed by atoms with Crippen molar-refractivity contribution in [2.75, 3.05) is 13.1 Å². The van der Waals surface area contributed by atoms with Crippen molar-refractivity contribution in [1.82, 2.24) is 15.4 Å². The lowest BCUT2D eigenvalue weighted by molar-refractivity contribution is -0.138. The van der Waals surface area contributed by atoms with Gasteiger partial charge in [-0.3, -0.25) is 9.59 Å². The van der Waals surface area contributed by atoms with E-state index in [9.17, 15) is 9.59 Å². The van der Waals surface area contributed by atoms with Crippen molar-refractivity contribution in [2.24, 2.45) is 17.6 Å². The average molecular weight is 389 g/mol. The van der Waals surface area contributed by atoms with Crippen LogP contribution in [-0.2, 0) is 4.79 Å². The summed E-state index contributed by atoms with van der Waals surface area (Å²) in [6, 6.07) is 2.10. The second-order valence-electron chi connectivity index (χ2n) is 8.93. The van der Waals surface area contributed by atoms with Gasteiger partial charge < -0.3 is 20.5 Å². The molecular weight excluding hydrogens is 356 g/mol. The molecule has 7 nitrogen and oxygen atoms in total. The molecule has 3 N–H and O–H groups in total. The molecule has 1 aliphatic heterocycles. The maximum absolute atomic E-state index is 12.8. The number of carbonyl (C=O) groups excluding carboxylic acids is 2. The Kier molecular flexibility index (Phi) is 5.71. The van der Waals surface area contributed by atoms with Crippen LogP contribution in [0.25, 0.3) is 0 Å². The number of rotatable bonds is 5. The molecule has 2 aliphatic carbocycles. The Balaban J connectivity index is 1.23. The maximum atomic E-state index is 12.8. The van der Waals surface area contributed by atoms with Gasteiger partial charge in [-0.25, -0.2) is 0 Å². The fourth-order valence-electron chi connectivity index (χ4n) is 4.60. The molecule has 1 atom stereocenters. The number of nitrogens with zero attached hydrogens (tertiary/aromatic N) is 2. The van der Waals surface area contributed by atoms with Gasteiger partial charge in [0, 0.05) is 43.1 Å². The van der Waals surface area contributed by atoms with Crippen molar-refractivity contribution in [3.8, 4) is 0 Å². The van der Waals surface area contributed by atoms with E-state index >= 15 is 0 Å². The summed E-state index contributed by atoms with van der Waals surface area (Å²) in [5, 5.41) is 6.99. The van der Waals surface area contributed by atoms with E-state index in [1.165, 1.54) is 0 Å². The zero-order chi connectivity index (χ0) is 19.7. The Labute approximate surface area is 166 Å². The van der Waals surface area contributed by atoms with Crippen LogP contribution in [0.2, 0.25) is 0 Å². The highest BCUT2D eigenvalue weighted by Crippen LogP contribution is 2.40. The summed E-state index contributed by atoms with van der Waals surface area (Å²) in [6.45, 7) is 3.61. The van der Waals surface area contributed by atoms with Crippen LogP contribution in [-0.4, -0.2) is 47.0 Å². The fraction of sp³-hybridized carbons (Fsp3) is 0.762. The van der Waals surface area contributed by atoms with Gasteiger partial charge in [0.05, 0.1) is 0 Å². The predicted octanol–water partition coefficient (Wildman–Crippen LogP) is 2.43. The first-order chi connectivity index (χ1) is 13.5. The van der Waals surface area contributed by atoms with Crippen LogP contribution >= 0.6 is 0 Å². The van der Waals surface area contributed by atoms with Crippen LogP contribution in [0.15, 0.2) is 10.6 Å². The third-order valence-corrected chi connectivity index (χ3v) is 6.78. The van der Waals surface area contributed by atoms with Gasteiger partial charge in [-0.2, -0.15) is 0 Å². The van der Waals surface area contributed by atoms with E-state index in [1.807, 2.05) is 11.8 Å². The quantitative estimate of drug-likeness (QED) is 0.807. The summed E-state index contributed by atoms with van der Waals surface area (Å²) >= 11 is 0. The first kappa shape index (κ1) is 19.4. The van der Waals surface area contributed by atoms with Crippen LogP contribution in [0, 0.1) is 11.8 Å². The second-order valence-corrected chi connectivity index (χ2v) is 8.93. The topological polar surface area (TPSA) is 101 Å². The summed E-state index contributed by atoms with van der Waals surface area (Å²) in [6.07, 6.45) is 7.85. The molecule has 1 saturated heterocycles. The van der Waals surface area contributed by atoms with Gasteiger partial charge in [0.2, 0.25) is 5.91 Å². The largest absolute Gasteiger partial charge is 0.360 e. The van der Waals surface area contributed by atoms with E-state index in [-0.39, 0.29) is 23.9 Å². The number of piperidine rings is 1. The molecule has 1 aromatic heterocycles. The van der Waals surface area contributed by atoms with E-state index in [0.717, 1.165) is 70.2 Å². The minimum absolute atomic E-state index is 0.0542. The zero-order valence-electron chi connectivity index (χ0n) is 16.7.